The molecule has 1 atom stereocenters. The first kappa shape index (κ1) is 15.9. The third kappa shape index (κ3) is 3.17. The zero-order valence-electron chi connectivity index (χ0n) is 11.7. The van der Waals surface area contributed by atoms with Gasteiger partial charge >= 0.3 is 0 Å². The molecule has 1 aliphatic rings. The van der Waals surface area contributed by atoms with Gasteiger partial charge in [0.05, 0.1) is 16.5 Å². The average Bonchev–Trinajstić information content (AvgIpc) is 3.02. The van der Waals surface area contributed by atoms with Crippen molar-refractivity contribution in [1.82, 2.24) is 9.29 Å². The lowest BCUT2D eigenvalue weighted by molar-refractivity contribution is -0.119. The molecular formula is C13H14BrN3O3S2. The molecular weight excluding hydrogens is 390 g/mol. The molecule has 0 spiro atoms. The largest absolute Gasteiger partial charge is 0.301 e. The number of aromatic nitrogens is 1. The van der Waals surface area contributed by atoms with E-state index in [9.17, 15) is 13.2 Å². The Hall–Kier alpha value is -1.03. The van der Waals surface area contributed by atoms with Crippen molar-refractivity contribution in [2.45, 2.75) is 18.9 Å². The van der Waals surface area contributed by atoms with Gasteiger partial charge in [-0.1, -0.05) is 27.3 Å². The molecule has 1 N–H and O–H groups in total. The van der Waals surface area contributed by atoms with Crippen LogP contribution < -0.4 is 5.32 Å². The molecule has 1 saturated heterocycles. The fraction of sp³-hybridized carbons (Fsp3) is 0.385. The summed E-state index contributed by atoms with van der Waals surface area (Å²) < 4.78 is 26.6. The minimum atomic E-state index is -3.37. The quantitative estimate of drug-likeness (QED) is 0.852. The lowest BCUT2D eigenvalue weighted by Gasteiger charge is -2.20. The molecule has 0 bridgehead atoms. The molecule has 1 aliphatic heterocycles. The van der Waals surface area contributed by atoms with Crippen LogP contribution in [0.15, 0.2) is 22.7 Å². The second kappa shape index (κ2) is 5.88. The number of carbonyl (C=O) groups is 1. The predicted octanol–water partition coefficient (Wildman–Crippen LogP) is 2.42. The van der Waals surface area contributed by atoms with Crippen LogP contribution in [0.25, 0.3) is 10.2 Å². The van der Waals surface area contributed by atoms with Crippen molar-refractivity contribution in [2.24, 2.45) is 0 Å². The smallest absolute Gasteiger partial charge is 0.244 e. The normalized spacial score (nSPS) is 19.6. The SMILES string of the molecule is CS(=O)(=O)N1CCCC1C(=O)Nc1nc2ccc(Br)cc2s1. The van der Waals surface area contributed by atoms with Crippen molar-refractivity contribution < 1.29 is 13.2 Å². The number of thiazole rings is 1. The van der Waals surface area contributed by atoms with Crippen LogP contribution in [0.2, 0.25) is 0 Å². The summed E-state index contributed by atoms with van der Waals surface area (Å²) in [5, 5.41) is 3.23. The Balaban J connectivity index is 1.80. The lowest BCUT2D eigenvalue weighted by Crippen LogP contribution is -2.42. The molecule has 1 fully saturated rings. The Kier molecular flexibility index (Phi) is 4.23. The van der Waals surface area contributed by atoms with Crippen molar-refractivity contribution in [3.05, 3.63) is 22.7 Å². The van der Waals surface area contributed by atoms with E-state index >= 15 is 0 Å². The zero-order chi connectivity index (χ0) is 15.9. The fourth-order valence-corrected chi connectivity index (χ4v) is 5.08. The molecule has 0 saturated carbocycles. The van der Waals surface area contributed by atoms with E-state index in [-0.39, 0.29) is 5.91 Å². The van der Waals surface area contributed by atoms with Gasteiger partial charge in [-0.3, -0.25) is 4.79 Å². The zero-order valence-corrected chi connectivity index (χ0v) is 15.0. The number of amides is 1. The first-order valence-electron chi connectivity index (χ1n) is 6.68. The number of rotatable bonds is 3. The van der Waals surface area contributed by atoms with Crippen LogP contribution in [0, 0.1) is 0 Å². The van der Waals surface area contributed by atoms with Gasteiger partial charge in [-0.05, 0) is 31.0 Å². The maximum absolute atomic E-state index is 12.4. The van der Waals surface area contributed by atoms with Crippen LogP contribution >= 0.6 is 27.3 Å². The molecule has 6 nitrogen and oxygen atoms in total. The summed E-state index contributed by atoms with van der Waals surface area (Å²) in [7, 11) is -3.37. The van der Waals surface area contributed by atoms with Gasteiger partial charge in [0.25, 0.3) is 0 Å². The van der Waals surface area contributed by atoms with Crippen molar-refractivity contribution in [3.63, 3.8) is 0 Å². The summed E-state index contributed by atoms with van der Waals surface area (Å²) in [5.41, 5.74) is 0.801. The first-order valence-corrected chi connectivity index (χ1v) is 10.1. The average molecular weight is 404 g/mol. The molecule has 0 aliphatic carbocycles. The Bertz CT molecular complexity index is 834. The van der Waals surface area contributed by atoms with Crippen molar-refractivity contribution >= 4 is 58.5 Å². The topological polar surface area (TPSA) is 79.4 Å². The summed E-state index contributed by atoms with van der Waals surface area (Å²) in [5.74, 6) is -0.318. The van der Waals surface area contributed by atoms with Crippen molar-refractivity contribution in [2.75, 3.05) is 18.1 Å². The number of hydrogen-bond acceptors (Lipinski definition) is 5. The lowest BCUT2D eigenvalue weighted by atomic mass is 10.2. The molecule has 9 heteroatoms. The second-order valence-corrected chi connectivity index (χ2v) is 9.03. The number of nitrogens with zero attached hydrogens (tertiary/aromatic N) is 2. The van der Waals surface area contributed by atoms with Gasteiger partial charge in [0.15, 0.2) is 5.13 Å². The van der Waals surface area contributed by atoms with Crippen LogP contribution in [0.1, 0.15) is 12.8 Å². The number of halogens is 1. The maximum atomic E-state index is 12.4. The maximum Gasteiger partial charge on any atom is 0.244 e. The van der Waals surface area contributed by atoms with Crippen molar-refractivity contribution in [3.8, 4) is 0 Å². The van der Waals surface area contributed by atoms with E-state index in [1.54, 1.807) is 0 Å². The molecule has 22 heavy (non-hydrogen) atoms. The number of nitrogens with one attached hydrogen (secondary N) is 1. The fourth-order valence-electron chi connectivity index (χ4n) is 2.54. The number of sulfonamides is 1. The Morgan fingerprint density at radius 2 is 2.27 bits per heavy atom. The molecule has 0 radical (unpaired) electrons. The first-order chi connectivity index (χ1) is 10.3. The minimum absolute atomic E-state index is 0.318. The van der Waals surface area contributed by atoms with Gasteiger partial charge in [0.2, 0.25) is 15.9 Å². The van der Waals surface area contributed by atoms with Gasteiger partial charge in [-0.25, -0.2) is 13.4 Å². The van der Waals surface area contributed by atoms with Crippen LogP contribution in [0.4, 0.5) is 5.13 Å². The second-order valence-electron chi connectivity index (χ2n) is 5.15. The van der Waals surface area contributed by atoms with Gasteiger partial charge in [0, 0.05) is 11.0 Å². The summed E-state index contributed by atoms with van der Waals surface area (Å²) in [4.78, 5) is 16.7. The Labute approximate surface area is 140 Å². The Morgan fingerprint density at radius 3 is 3.00 bits per heavy atom. The van der Waals surface area contributed by atoms with E-state index in [1.807, 2.05) is 18.2 Å². The highest BCUT2D eigenvalue weighted by molar-refractivity contribution is 9.10. The number of anilines is 1. The predicted molar refractivity (Wildman–Crippen MR) is 90.5 cm³/mol. The van der Waals surface area contributed by atoms with Crippen LogP contribution in [0.5, 0.6) is 0 Å². The number of fused-ring (bicyclic) bond motifs is 1. The van der Waals surface area contributed by atoms with E-state index in [2.05, 4.69) is 26.2 Å². The van der Waals surface area contributed by atoms with Gasteiger partial charge in [0.1, 0.15) is 6.04 Å². The molecule has 1 aromatic heterocycles. The third-order valence-electron chi connectivity index (χ3n) is 3.51. The summed E-state index contributed by atoms with van der Waals surface area (Å²) in [6, 6.07) is 5.04. The van der Waals surface area contributed by atoms with E-state index < -0.39 is 16.1 Å². The highest BCUT2D eigenvalue weighted by atomic mass is 79.9. The highest BCUT2D eigenvalue weighted by Gasteiger charge is 2.36. The molecule has 3 rings (SSSR count). The molecule has 118 valence electrons. The minimum Gasteiger partial charge on any atom is -0.301 e. The molecule has 2 heterocycles. The molecule has 2 aromatic rings. The third-order valence-corrected chi connectivity index (χ3v) is 6.23. The molecule has 1 unspecified atom stereocenters. The monoisotopic (exact) mass is 403 g/mol. The van der Waals surface area contributed by atoms with Crippen LogP contribution in [-0.4, -0.2) is 42.5 Å². The molecule has 1 amide bonds. The molecule has 1 aromatic carbocycles. The van der Waals surface area contributed by atoms with E-state index in [0.717, 1.165) is 20.9 Å². The van der Waals surface area contributed by atoms with Gasteiger partial charge < -0.3 is 5.32 Å². The number of carbonyl (C=O) groups excluding carboxylic acids is 1. The van der Waals surface area contributed by atoms with E-state index in [4.69, 9.17) is 0 Å². The summed E-state index contributed by atoms with van der Waals surface area (Å²) >= 11 is 4.76. The Morgan fingerprint density at radius 1 is 1.50 bits per heavy atom. The van der Waals surface area contributed by atoms with Gasteiger partial charge in [-0.2, -0.15) is 4.31 Å². The highest BCUT2D eigenvalue weighted by Crippen LogP contribution is 2.29. The van der Waals surface area contributed by atoms with Crippen molar-refractivity contribution in [1.29, 1.82) is 0 Å². The van der Waals surface area contributed by atoms with Crippen LogP contribution in [0.3, 0.4) is 0 Å². The summed E-state index contributed by atoms with van der Waals surface area (Å²) in [6.45, 7) is 0.393. The standard InChI is InChI=1S/C13H14BrN3O3S2/c1-22(19,20)17-6-2-3-10(17)12(18)16-13-15-9-5-4-8(14)7-11(9)21-13/h4-5,7,10H,2-3,6H2,1H3,(H,15,16,18). The number of hydrogen-bond donors (Lipinski definition) is 1. The summed E-state index contributed by atoms with van der Waals surface area (Å²) in [6.07, 6.45) is 2.36. The number of benzene rings is 1. The van der Waals surface area contributed by atoms with Gasteiger partial charge in [-0.15, -0.1) is 0 Å². The van der Waals surface area contributed by atoms with E-state index in [1.165, 1.54) is 15.6 Å². The van der Waals surface area contributed by atoms with E-state index in [0.29, 0.717) is 24.5 Å². The van der Waals surface area contributed by atoms with Crippen LogP contribution in [-0.2, 0) is 14.8 Å².